The molecule has 1 aromatic carbocycles. The maximum absolute atomic E-state index is 12.9. The van der Waals surface area contributed by atoms with Crippen LogP contribution in [0.5, 0.6) is 0 Å². The maximum atomic E-state index is 12.9. The summed E-state index contributed by atoms with van der Waals surface area (Å²) in [7, 11) is 0. The van der Waals surface area contributed by atoms with Crippen molar-refractivity contribution in [2.75, 3.05) is 0 Å². The van der Waals surface area contributed by atoms with Crippen LogP contribution in [0.1, 0.15) is 22.6 Å². The van der Waals surface area contributed by atoms with E-state index in [9.17, 15) is 13.2 Å². The van der Waals surface area contributed by atoms with Gasteiger partial charge in [0.1, 0.15) is 10.9 Å². The fourth-order valence-electron chi connectivity index (χ4n) is 1.64. The van der Waals surface area contributed by atoms with Crippen molar-refractivity contribution in [1.82, 2.24) is 9.97 Å². The Bertz CT molecular complexity index is 733. The zero-order valence-corrected chi connectivity index (χ0v) is 11.4. The highest BCUT2D eigenvalue weighted by Crippen LogP contribution is 2.38. The molecule has 8 heteroatoms. The Hall–Kier alpha value is -2.45. The monoisotopic (exact) mass is 308 g/mol. The lowest BCUT2D eigenvalue weighted by molar-refractivity contribution is -0.143. The van der Waals surface area contributed by atoms with Crippen molar-refractivity contribution in [3.05, 3.63) is 40.8 Å². The van der Waals surface area contributed by atoms with Gasteiger partial charge in [-0.3, -0.25) is 0 Å². The number of hydrogen-bond donors (Lipinski definition) is 1. The van der Waals surface area contributed by atoms with Crippen molar-refractivity contribution in [1.29, 1.82) is 10.5 Å². The van der Waals surface area contributed by atoms with Gasteiger partial charge in [0, 0.05) is 4.90 Å². The Morgan fingerprint density at radius 3 is 2.19 bits per heavy atom. The van der Waals surface area contributed by atoms with Crippen molar-refractivity contribution in [3.8, 4) is 12.1 Å². The topological polar surface area (TPSA) is 76.3 Å². The van der Waals surface area contributed by atoms with E-state index in [1.165, 1.54) is 25.1 Å². The van der Waals surface area contributed by atoms with Crippen molar-refractivity contribution >= 4 is 11.8 Å². The van der Waals surface area contributed by atoms with E-state index < -0.39 is 11.9 Å². The highest BCUT2D eigenvalue weighted by atomic mass is 32.2. The van der Waals surface area contributed by atoms with Gasteiger partial charge in [0.05, 0.1) is 23.3 Å². The fourth-order valence-corrected chi connectivity index (χ4v) is 2.68. The molecule has 0 radical (unpaired) electrons. The molecule has 0 aliphatic rings. The van der Waals surface area contributed by atoms with Gasteiger partial charge in [-0.2, -0.15) is 23.7 Å². The summed E-state index contributed by atoms with van der Waals surface area (Å²) in [6, 6.07) is 7.92. The van der Waals surface area contributed by atoms with Crippen LogP contribution < -0.4 is 0 Å². The Morgan fingerprint density at radius 1 is 1.14 bits per heavy atom. The SMILES string of the molecule is Cc1nc(Sc2cc(C#N)cc(C#N)c2)c(C(F)(F)F)[nH]1. The Balaban J connectivity index is 2.44. The van der Waals surface area contributed by atoms with Crippen LogP contribution in [0.3, 0.4) is 0 Å². The second kappa shape index (κ2) is 5.51. The van der Waals surface area contributed by atoms with Gasteiger partial charge in [0.2, 0.25) is 0 Å². The van der Waals surface area contributed by atoms with E-state index in [0.717, 1.165) is 11.8 Å². The van der Waals surface area contributed by atoms with Gasteiger partial charge >= 0.3 is 6.18 Å². The average Bonchev–Trinajstić information content (AvgIpc) is 2.79. The molecule has 0 fully saturated rings. The van der Waals surface area contributed by atoms with Crippen molar-refractivity contribution < 1.29 is 13.2 Å². The van der Waals surface area contributed by atoms with Gasteiger partial charge in [-0.25, -0.2) is 4.98 Å². The van der Waals surface area contributed by atoms with Crippen LogP contribution in [0.2, 0.25) is 0 Å². The quantitative estimate of drug-likeness (QED) is 0.919. The molecule has 0 atom stereocenters. The molecule has 2 rings (SSSR count). The number of H-pyrrole nitrogens is 1. The number of nitrogens with one attached hydrogen (secondary N) is 1. The highest BCUT2D eigenvalue weighted by molar-refractivity contribution is 7.99. The van der Waals surface area contributed by atoms with E-state index in [4.69, 9.17) is 10.5 Å². The van der Waals surface area contributed by atoms with E-state index in [0.29, 0.717) is 4.90 Å². The molecule has 2 aromatic rings. The van der Waals surface area contributed by atoms with Crippen LogP contribution in [0.15, 0.2) is 28.1 Å². The Kier molecular flexibility index (Phi) is 3.92. The van der Waals surface area contributed by atoms with Gasteiger partial charge in [-0.1, -0.05) is 11.8 Å². The minimum Gasteiger partial charge on any atom is -0.338 e. The Labute approximate surface area is 122 Å². The lowest BCUT2D eigenvalue weighted by Crippen LogP contribution is -2.07. The summed E-state index contributed by atoms with van der Waals surface area (Å²) in [4.78, 5) is 6.33. The molecule has 21 heavy (non-hydrogen) atoms. The number of aryl methyl sites for hydroxylation is 1. The molecule has 0 unspecified atom stereocenters. The predicted octanol–water partition coefficient (Wildman–Crippen LogP) is 3.63. The molecule has 1 N–H and O–H groups in total. The lowest BCUT2D eigenvalue weighted by Gasteiger charge is -2.06. The van der Waals surface area contributed by atoms with Crippen LogP contribution in [0.25, 0.3) is 0 Å². The number of halogens is 3. The first-order chi connectivity index (χ1) is 9.83. The molecule has 0 saturated carbocycles. The molecule has 1 aromatic heterocycles. The molecule has 0 amide bonds. The smallest absolute Gasteiger partial charge is 0.338 e. The summed E-state index contributed by atoms with van der Waals surface area (Å²) in [5, 5.41) is 17.5. The molecule has 106 valence electrons. The second-order valence-electron chi connectivity index (χ2n) is 4.07. The number of alkyl halides is 3. The molecule has 0 aliphatic carbocycles. The first-order valence-electron chi connectivity index (χ1n) is 5.60. The summed E-state index contributed by atoms with van der Waals surface area (Å²) < 4.78 is 38.6. The molecular formula is C13H7F3N4S. The number of hydrogen-bond acceptors (Lipinski definition) is 4. The van der Waals surface area contributed by atoms with E-state index in [-0.39, 0.29) is 22.0 Å². The molecule has 4 nitrogen and oxygen atoms in total. The van der Waals surface area contributed by atoms with Crippen molar-refractivity contribution in [3.63, 3.8) is 0 Å². The van der Waals surface area contributed by atoms with Gasteiger partial charge in [0.15, 0.2) is 5.69 Å². The minimum atomic E-state index is -4.55. The van der Waals surface area contributed by atoms with Crippen molar-refractivity contribution in [2.24, 2.45) is 0 Å². The van der Waals surface area contributed by atoms with Crippen LogP contribution in [0, 0.1) is 29.6 Å². The Morgan fingerprint density at radius 2 is 1.71 bits per heavy atom. The third-order valence-electron chi connectivity index (χ3n) is 2.45. The normalized spacial score (nSPS) is 11.0. The van der Waals surface area contributed by atoms with Gasteiger partial charge in [-0.05, 0) is 25.1 Å². The molecule has 1 heterocycles. The summed E-state index contributed by atoms with van der Waals surface area (Å²) >= 11 is 0.756. The molecule has 0 bridgehead atoms. The third kappa shape index (κ3) is 3.36. The summed E-state index contributed by atoms with van der Waals surface area (Å²) in [5.41, 5.74) is -0.527. The van der Waals surface area contributed by atoms with Crippen LogP contribution in [-0.2, 0) is 6.18 Å². The largest absolute Gasteiger partial charge is 0.433 e. The lowest BCUT2D eigenvalue weighted by atomic mass is 10.1. The fraction of sp³-hybridized carbons (Fsp3) is 0.154. The maximum Gasteiger partial charge on any atom is 0.433 e. The summed E-state index contributed by atoms with van der Waals surface area (Å²) in [5.74, 6) is 0.141. The van der Waals surface area contributed by atoms with E-state index >= 15 is 0 Å². The number of benzene rings is 1. The highest BCUT2D eigenvalue weighted by Gasteiger charge is 2.36. The number of nitriles is 2. The zero-order chi connectivity index (χ0) is 15.6. The first kappa shape index (κ1) is 14.9. The molecule has 0 spiro atoms. The number of imidazole rings is 1. The van der Waals surface area contributed by atoms with Gasteiger partial charge in [0.25, 0.3) is 0 Å². The van der Waals surface area contributed by atoms with Crippen LogP contribution in [0.4, 0.5) is 13.2 Å². The summed E-state index contributed by atoms with van der Waals surface area (Å²) in [6.07, 6.45) is -4.55. The van der Waals surface area contributed by atoms with E-state index in [1.807, 2.05) is 12.1 Å². The zero-order valence-electron chi connectivity index (χ0n) is 10.6. The predicted molar refractivity (Wildman–Crippen MR) is 68.3 cm³/mol. The van der Waals surface area contributed by atoms with Crippen LogP contribution in [-0.4, -0.2) is 9.97 Å². The molecule has 0 aliphatic heterocycles. The second-order valence-corrected chi connectivity index (χ2v) is 5.13. The molecular weight excluding hydrogens is 301 g/mol. The standard InChI is InChI=1S/C13H7F3N4S/c1-7-19-11(13(14,15)16)12(20-7)21-10-3-8(5-17)2-9(4-10)6-18/h2-4H,1H3,(H,19,20). The first-order valence-corrected chi connectivity index (χ1v) is 6.42. The number of rotatable bonds is 2. The molecule has 0 saturated heterocycles. The van der Waals surface area contributed by atoms with E-state index in [1.54, 1.807) is 0 Å². The third-order valence-corrected chi connectivity index (χ3v) is 3.41. The van der Waals surface area contributed by atoms with E-state index in [2.05, 4.69) is 9.97 Å². The number of aromatic nitrogens is 2. The van der Waals surface area contributed by atoms with Gasteiger partial charge < -0.3 is 4.98 Å². The van der Waals surface area contributed by atoms with Crippen LogP contribution >= 0.6 is 11.8 Å². The minimum absolute atomic E-state index is 0.141. The number of nitrogens with zero attached hydrogens (tertiary/aromatic N) is 3. The van der Waals surface area contributed by atoms with Crippen molar-refractivity contribution in [2.45, 2.75) is 23.0 Å². The average molecular weight is 308 g/mol. The summed E-state index contributed by atoms with van der Waals surface area (Å²) in [6.45, 7) is 1.42. The number of aromatic amines is 1. The van der Waals surface area contributed by atoms with Gasteiger partial charge in [-0.15, -0.1) is 0 Å².